The van der Waals surface area contributed by atoms with Crippen LogP contribution >= 0.6 is 0 Å². The molecule has 1 heterocycles. The van der Waals surface area contributed by atoms with Crippen LogP contribution in [0.3, 0.4) is 0 Å². The second-order valence-electron chi connectivity index (χ2n) is 4.83. The van der Waals surface area contributed by atoms with Crippen molar-refractivity contribution in [1.82, 2.24) is 10.3 Å². The van der Waals surface area contributed by atoms with E-state index in [-0.39, 0.29) is 17.6 Å². The van der Waals surface area contributed by atoms with Gasteiger partial charge in [-0.05, 0) is 25.0 Å². The Morgan fingerprint density at radius 1 is 1.37 bits per heavy atom. The van der Waals surface area contributed by atoms with E-state index in [1.807, 2.05) is 6.07 Å². The van der Waals surface area contributed by atoms with Gasteiger partial charge in [-0.3, -0.25) is 4.79 Å². The summed E-state index contributed by atoms with van der Waals surface area (Å²) in [4.78, 5) is 15.9. The van der Waals surface area contributed by atoms with Gasteiger partial charge in [0.2, 0.25) is 0 Å². The Bertz CT molecular complexity index is 478. The number of amides is 1. The number of aliphatic hydroxyl groups excluding tert-OH is 1. The van der Waals surface area contributed by atoms with Crippen molar-refractivity contribution in [3.8, 4) is 6.07 Å². The molecule has 2 rings (SSSR count). The molecule has 2 unspecified atom stereocenters. The van der Waals surface area contributed by atoms with Crippen molar-refractivity contribution in [2.24, 2.45) is 0 Å². The lowest BCUT2D eigenvalue weighted by molar-refractivity contribution is 0.0814. The van der Waals surface area contributed by atoms with Gasteiger partial charge >= 0.3 is 0 Å². The quantitative estimate of drug-likeness (QED) is 0.785. The second-order valence-corrected chi connectivity index (χ2v) is 4.83. The van der Waals surface area contributed by atoms with Crippen LogP contribution in [0.1, 0.15) is 48.2 Å². The van der Waals surface area contributed by atoms with E-state index >= 15 is 0 Å². The topological polar surface area (TPSA) is 86.0 Å². The molecule has 0 spiro atoms. The predicted octanol–water partition coefficient (Wildman–Crippen LogP) is 1.38. The fourth-order valence-electron chi connectivity index (χ4n) is 2.29. The van der Waals surface area contributed by atoms with Crippen molar-refractivity contribution in [2.75, 3.05) is 0 Å². The average Bonchev–Trinajstić information content (AvgIpc) is 2.64. The highest BCUT2D eigenvalue weighted by molar-refractivity contribution is 5.92. The van der Waals surface area contributed by atoms with E-state index < -0.39 is 6.10 Å². The van der Waals surface area contributed by atoms with Crippen molar-refractivity contribution in [3.63, 3.8) is 0 Å². The third kappa shape index (κ3) is 3.52. The first-order valence-corrected chi connectivity index (χ1v) is 6.56. The van der Waals surface area contributed by atoms with Gasteiger partial charge in [0.25, 0.3) is 5.91 Å². The molecule has 1 fully saturated rings. The lowest BCUT2D eigenvalue weighted by Gasteiger charge is -2.21. The Balaban J connectivity index is 2.01. The number of pyridine rings is 1. The molecule has 2 N–H and O–H groups in total. The molecule has 5 nitrogen and oxygen atoms in total. The van der Waals surface area contributed by atoms with E-state index in [1.165, 1.54) is 12.3 Å². The summed E-state index contributed by atoms with van der Waals surface area (Å²) in [5, 5.41) is 21.4. The summed E-state index contributed by atoms with van der Waals surface area (Å²) >= 11 is 0. The van der Waals surface area contributed by atoms with Crippen molar-refractivity contribution in [1.29, 1.82) is 5.26 Å². The zero-order valence-corrected chi connectivity index (χ0v) is 10.7. The first-order valence-electron chi connectivity index (χ1n) is 6.56. The van der Waals surface area contributed by atoms with Crippen molar-refractivity contribution in [3.05, 3.63) is 29.6 Å². The smallest absolute Gasteiger partial charge is 0.270 e. The van der Waals surface area contributed by atoms with E-state index in [2.05, 4.69) is 10.3 Å². The number of carbonyl (C=O) groups excluding carboxylic acids is 1. The standard InChI is InChI=1S/C14H17N3O2/c15-8-10-6-7-12(16-9-10)14(19)17-11-4-2-1-3-5-13(11)18/h6-7,9,11,13,18H,1-5H2,(H,17,19). The molecule has 5 heteroatoms. The molecule has 0 bridgehead atoms. The molecule has 19 heavy (non-hydrogen) atoms. The molecule has 1 aliphatic rings. The Kier molecular flexibility index (Phi) is 4.48. The van der Waals surface area contributed by atoms with Crippen LogP contribution in [-0.2, 0) is 0 Å². The minimum atomic E-state index is -0.482. The van der Waals surface area contributed by atoms with Gasteiger partial charge in [0.15, 0.2) is 0 Å². The summed E-state index contributed by atoms with van der Waals surface area (Å²) in [5.74, 6) is -0.296. The molecule has 100 valence electrons. The van der Waals surface area contributed by atoms with Crippen LogP contribution in [0, 0.1) is 11.3 Å². The van der Waals surface area contributed by atoms with Gasteiger partial charge in [0.05, 0.1) is 17.7 Å². The number of nitrogens with zero attached hydrogens (tertiary/aromatic N) is 2. The van der Waals surface area contributed by atoms with Gasteiger partial charge in [-0.15, -0.1) is 0 Å². The van der Waals surface area contributed by atoms with Crippen molar-refractivity contribution >= 4 is 5.91 Å². The maximum atomic E-state index is 12.0. The molecular weight excluding hydrogens is 242 g/mol. The number of hydrogen-bond acceptors (Lipinski definition) is 4. The van der Waals surface area contributed by atoms with Gasteiger partial charge < -0.3 is 10.4 Å². The molecule has 1 aromatic rings. The van der Waals surface area contributed by atoms with Crippen LogP contribution in [0.15, 0.2) is 18.3 Å². The predicted molar refractivity (Wildman–Crippen MR) is 69.3 cm³/mol. The maximum absolute atomic E-state index is 12.0. The minimum absolute atomic E-state index is 0.201. The molecule has 1 amide bonds. The second kappa shape index (κ2) is 6.30. The number of hydrogen-bond donors (Lipinski definition) is 2. The number of nitriles is 1. The first kappa shape index (κ1) is 13.5. The number of aliphatic hydroxyl groups is 1. The number of aromatic nitrogens is 1. The molecule has 0 saturated heterocycles. The van der Waals surface area contributed by atoms with Crippen molar-refractivity contribution < 1.29 is 9.90 Å². The SMILES string of the molecule is N#Cc1ccc(C(=O)NC2CCCCCC2O)nc1. The van der Waals surface area contributed by atoms with Crippen LogP contribution in [0.25, 0.3) is 0 Å². The van der Waals surface area contributed by atoms with Gasteiger partial charge in [0, 0.05) is 6.20 Å². The van der Waals surface area contributed by atoms with Gasteiger partial charge in [-0.1, -0.05) is 19.3 Å². The average molecular weight is 259 g/mol. The van der Waals surface area contributed by atoms with Gasteiger partial charge in [-0.25, -0.2) is 4.98 Å². The molecule has 1 saturated carbocycles. The fourth-order valence-corrected chi connectivity index (χ4v) is 2.29. The van der Waals surface area contributed by atoms with Crippen LogP contribution in [0.5, 0.6) is 0 Å². The Morgan fingerprint density at radius 3 is 2.84 bits per heavy atom. The van der Waals surface area contributed by atoms with Crippen LogP contribution < -0.4 is 5.32 Å². The molecule has 0 aromatic carbocycles. The summed E-state index contributed by atoms with van der Waals surface area (Å²) in [6.07, 6.45) is 5.53. The summed E-state index contributed by atoms with van der Waals surface area (Å²) in [6.45, 7) is 0. The number of rotatable bonds is 2. The Labute approximate surface area is 112 Å². The lowest BCUT2D eigenvalue weighted by atomic mass is 10.1. The van der Waals surface area contributed by atoms with Crippen LogP contribution in [0.4, 0.5) is 0 Å². The van der Waals surface area contributed by atoms with E-state index in [0.29, 0.717) is 5.56 Å². The van der Waals surface area contributed by atoms with E-state index in [9.17, 15) is 9.90 Å². The highest BCUT2D eigenvalue weighted by Gasteiger charge is 2.23. The monoisotopic (exact) mass is 259 g/mol. The Hall–Kier alpha value is -1.93. The summed E-state index contributed by atoms with van der Waals surface area (Å²) < 4.78 is 0. The lowest BCUT2D eigenvalue weighted by Crippen LogP contribution is -2.42. The molecular formula is C14H17N3O2. The van der Waals surface area contributed by atoms with E-state index in [1.54, 1.807) is 6.07 Å². The van der Waals surface area contributed by atoms with Crippen LogP contribution in [-0.4, -0.2) is 28.1 Å². The molecule has 1 aromatic heterocycles. The number of carbonyl (C=O) groups is 1. The normalized spacial score (nSPS) is 23.2. The molecule has 1 aliphatic carbocycles. The molecule has 0 radical (unpaired) electrons. The van der Waals surface area contributed by atoms with E-state index in [0.717, 1.165) is 32.1 Å². The zero-order chi connectivity index (χ0) is 13.7. The maximum Gasteiger partial charge on any atom is 0.270 e. The van der Waals surface area contributed by atoms with Crippen molar-refractivity contribution in [2.45, 2.75) is 44.2 Å². The summed E-state index contributed by atoms with van der Waals surface area (Å²) in [6, 6.07) is 4.84. The largest absolute Gasteiger partial charge is 0.391 e. The third-order valence-corrected chi connectivity index (χ3v) is 3.42. The first-order chi connectivity index (χ1) is 9.20. The fraction of sp³-hybridized carbons (Fsp3) is 0.500. The zero-order valence-electron chi connectivity index (χ0n) is 10.7. The molecule has 2 atom stereocenters. The highest BCUT2D eigenvalue weighted by atomic mass is 16.3. The number of nitrogens with one attached hydrogen (secondary N) is 1. The van der Waals surface area contributed by atoms with Crippen LogP contribution in [0.2, 0.25) is 0 Å². The third-order valence-electron chi connectivity index (χ3n) is 3.42. The van der Waals surface area contributed by atoms with E-state index in [4.69, 9.17) is 5.26 Å². The highest BCUT2D eigenvalue weighted by Crippen LogP contribution is 2.18. The van der Waals surface area contributed by atoms with Gasteiger partial charge in [0.1, 0.15) is 11.8 Å². The Morgan fingerprint density at radius 2 is 2.16 bits per heavy atom. The molecule has 0 aliphatic heterocycles. The van der Waals surface area contributed by atoms with Gasteiger partial charge in [-0.2, -0.15) is 5.26 Å². The minimum Gasteiger partial charge on any atom is -0.391 e. The summed E-state index contributed by atoms with van der Waals surface area (Å²) in [5.41, 5.74) is 0.696. The summed E-state index contributed by atoms with van der Waals surface area (Å²) in [7, 11) is 0.